The third-order valence-electron chi connectivity index (χ3n) is 4.80. The van der Waals surface area contributed by atoms with Crippen molar-refractivity contribution in [2.45, 2.75) is 6.18 Å². The van der Waals surface area contributed by atoms with Crippen LogP contribution in [0.15, 0.2) is 80.4 Å². The second-order valence-electron chi connectivity index (χ2n) is 6.86. The molecule has 0 unspecified atom stereocenters. The molecule has 0 radical (unpaired) electrons. The van der Waals surface area contributed by atoms with Gasteiger partial charge >= 0.3 is 12.1 Å². The highest BCUT2D eigenvalue weighted by molar-refractivity contribution is 9.10. The Morgan fingerprint density at radius 1 is 1.00 bits per heavy atom. The third-order valence-corrected chi connectivity index (χ3v) is 5.49. The van der Waals surface area contributed by atoms with Gasteiger partial charge in [-0.15, -0.1) is 0 Å². The number of methoxy groups -OCH3 is 1. The Morgan fingerprint density at radius 3 is 2.39 bits per heavy atom. The highest BCUT2D eigenvalue weighted by Crippen LogP contribution is 2.40. The lowest BCUT2D eigenvalue weighted by Crippen LogP contribution is -2.16. The summed E-state index contributed by atoms with van der Waals surface area (Å²) in [7, 11) is 1.29. The lowest BCUT2D eigenvalue weighted by Gasteiger charge is -2.15. The molecule has 0 fully saturated rings. The van der Waals surface area contributed by atoms with E-state index in [1.54, 1.807) is 24.3 Å². The molecule has 4 aromatic rings. The van der Waals surface area contributed by atoms with Crippen LogP contribution in [0.3, 0.4) is 0 Å². The molecule has 168 valence electrons. The SMILES string of the molecule is COc1ccccc1-c1c(C(F)(F)F)oc2cc(OC(=O)c3ccccc3Br)ccc2c1=O. The fourth-order valence-electron chi connectivity index (χ4n) is 3.32. The molecule has 0 bridgehead atoms. The van der Waals surface area contributed by atoms with Crippen LogP contribution in [0, 0.1) is 0 Å². The third kappa shape index (κ3) is 4.36. The molecule has 0 atom stereocenters. The first kappa shape index (κ1) is 22.6. The van der Waals surface area contributed by atoms with Crippen molar-refractivity contribution in [1.82, 2.24) is 0 Å². The first-order valence-corrected chi connectivity index (χ1v) is 10.3. The van der Waals surface area contributed by atoms with E-state index in [1.165, 1.54) is 43.5 Å². The molecular weight excluding hydrogens is 505 g/mol. The van der Waals surface area contributed by atoms with Crippen molar-refractivity contribution in [2.24, 2.45) is 0 Å². The van der Waals surface area contributed by atoms with E-state index < -0.39 is 28.9 Å². The average molecular weight is 519 g/mol. The summed E-state index contributed by atoms with van der Waals surface area (Å²) in [5.41, 5.74) is -1.75. The van der Waals surface area contributed by atoms with Crippen LogP contribution in [0.4, 0.5) is 13.2 Å². The van der Waals surface area contributed by atoms with Crippen LogP contribution in [-0.4, -0.2) is 13.1 Å². The molecule has 4 rings (SSSR count). The van der Waals surface area contributed by atoms with Crippen LogP contribution in [0.5, 0.6) is 11.5 Å². The van der Waals surface area contributed by atoms with Crippen molar-refractivity contribution in [3.63, 3.8) is 0 Å². The van der Waals surface area contributed by atoms with Gasteiger partial charge in [0.05, 0.1) is 23.6 Å². The summed E-state index contributed by atoms with van der Waals surface area (Å²) in [5, 5.41) is -0.107. The lowest BCUT2D eigenvalue weighted by molar-refractivity contribution is -0.152. The molecule has 33 heavy (non-hydrogen) atoms. The number of carbonyl (C=O) groups excluding carboxylic acids is 1. The van der Waals surface area contributed by atoms with Gasteiger partial charge in [-0.2, -0.15) is 13.2 Å². The van der Waals surface area contributed by atoms with Crippen LogP contribution in [0.25, 0.3) is 22.1 Å². The van der Waals surface area contributed by atoms with Crippen molar-refractivity contribution < 1.29 is 31.9 Å². The molecule has 0 spiro atoms. The molecule has 0 aliphatic heterocycles. The summed E-state index contributed by atoms with van der Waals surface area (Å²) < 4.78 is 57.7. The van der Waals surface area contributed by atoms with E-state index in [-0.39, 0.29) is 33.6 Å². The van der Waals surface area contributed by atoms with Crippen LogP contribution < -0.4 is 14.9 Å². The zero-order valence-electron chi connectivity index (χ0n) is 16.9. The lowest BCUT2D eigenvalue weighted by atomic mass is 10.0. The van der Waals surface area contributed by atoms with Gasteiger partial charge in [-0.25, -0.2) is 4.79 Å². The Kier molecular flexibility index (Phi) is 5.99. The summed E-state index contributed by atoms with van der Waals surface area (Å²) in [6.07, 6.45) is -4.97. The number of hydrogen-bond donors (Lipinski definition) is 0. The van der Waals surface area contributed by atoms with E-state index in [9.17, 15) is 22.8 Å². The molecule has 0 aliphatic rings. The fourth-order valence-corrected chi connectivity index (χ4v) is 3.77. The quantitative estimate of drug-likeness (QED) is 0.229. The van der Waals surface area contributed by atoms with Gasteiger partial charge in [0.1, 0.15) is 17.1 Å². The van der Waals surface area contributed by atoms with Crippen LogP contribution in [0.1, 0.15) is 16.1 Å². The maximum atomic E-state index is 13.9. The van der Waals surface area contributed by atoms with Gasteiger partial charge in [-0.05, 0) is 46.3 Å². The number of fused-ring (bicyclic) bond motifs is 1. The monoisotopic (exact) mass is 518 g/mol. The maximum absolute atomic E-state index is 13.9. The maximum Gasteiger partial charge on any atom is 0.450 e. The van der Waals surface area contributed by atoms with Crippen LogP contribution >= 0.6 is 15.9 Å². The number of carbonyl (C=O) groups is 1. The molecule has 3 aromatic carbocycles. The second kappa shape index (κ2) is 8.74. The Hall–Kier alpha value is -3.59. The molecule has 0 saturated carbocycles. The number of para-hydroxylation sites is 1. The van der Waals surface area contributed by atoms with Crippen molar-refractivity contribution in [1.29, 1.82) is 0 Å². The molecule has 1 heterocycles. The zero-order valence-corrected chi connectivity index (χ0v) is 18.5. The van der Waals surface area contributed by atoms with Gasteiger partial charge < -0.3 is 13.9 Å². The predicted octanol–water partition coefficient (Wildman–Crippen LogP) is 6.47. The number of alkyl halides is 3. The van der Waals surface area contributed by atoms with Gasteiger partial charge in [0.25, 0.3) is 0 Å². The molecule has 0 saturated heterocycles. The second-order valence-corrected chi connectivity index (χ2v) is 7.72. The number of rotatable bonds is 4. The molecule has 0 aliphatic carbocycles. The normalized spacial score (nSPS) is 11.4. The van der Waals surface area contributed by atoms with Gasteiger partial charge in [0, 0.05) is 16.1 Å². The first-order chi connectivity index (χ1) is 15.7. The molecule has 0 N–H and O–H groups in total. The largest absolute Gasteiger partial charge is 0.496 e. The summed E-state index contributed by atoms with van der Waals surface area (Å²) in [6.45, 7) is 0. The van der Waals surface area contributed by atoms with Gasteiger partial charge in [-0.3, -0.25) is 4.79 Å². The van der Waals surface area contributed by atoms with Crippen LogP contribution in [-0.2, 0) is 6.18 Å². The number of esters is 1. The molecular formula is C24H14BrF3O5. The minimum atomic E-state index is -4.97. The summed E-state index contributed by atoms with van der Waals surface area (Å²) in [6, 6.07) is 16.0. The number of ether oxygens (including phenoxy) is 2. The van der Waals surface area contributed by atoms with E-state index in [0.29, 0.717) is 4.47 Å². The molecule has 1 aromatic heterocycles. The minimum absolute atomic E-state index is 0.0487. The smallest absolute Gasteiger partial charge is 0.450 e. The van der Waals surface area contributed by atoms with E-state index in [2.05, 4.69) is 15.9 Å². The van der Waals surface area contributed by atoms with Gasteiger partial charge in [0.2, 0.25) is 11.2 Å². The summed E-state index contributed by atoms with van der Waals surface area (Å²) in [5.74, 6) is -2.19. The molecule has 5 nitrogen and oxygen atoms in total. The van der Waals surface area contributed by atoms with Crippen LogP contribution in [0.2, 0.25) is 0 Å². The van der Waals surface area contributed by atoms with Crippen molar-refractivity contribution in [3.8, 4) is 22.6 Å². The number of hydrogen-bond acceptors (Lipinski definition) is 5. The summed E-state index contributed by atoms with van der Waals surface area (Å²) in [4.78, 5) is 25.6. The Balaban J connectivity index is 1.86. The average Bonchev–Trinajstić information content (AvgIpc) is 2.78. The Labute approximate surface area is 193 Å². The first-order valence-electron chi connectivity index (χ1n) is 9.49. The highest BCUT2D eigenvalue weighted by atomic mass is 79.9. The number of benzene rings is 3. The Bertz CT molecular complexity index is 1430. The van der Waals surface area contributed by atoms with Crippen molar-refractivity contribution >= 4 is 32.9 Å². The van der Waals surface area contributed by atoms with Gasteiger partial charge in [0.15, 0.2) is 0 Å². The summed E-state index contributed by atoms with van der Waals surface area (Å²) >= 11 is 3.24. The van der Waals surface area contributed by atoms with Crippen molar-refractivity contribution in [2.75, 3.05) is 7.11 Å². The van der Waals surface area contributed by atoms with Gasteiger partial charge in [-0.1, -0.05) is 30.3 Å². The minimum Gasteiger partial charge on any atom is -0.496 e. The van der Waals surface area contributed by atoms with E-state index in [4.69, 9.17) is 13.9 Å². The zero-order chi connectivity index (χ0) is 23.8. The van der Waals surface area contributed by atoms with E-state index >= 15 is 0 Å². The van der Waals surface area contributed by atoms with Crippen molar-refractivity contribution in [3.05, 3.63) is 92.7 Å². The fraction of sp³-hybridized carbons (Fsp3) is 0.0833. The topological polar surface area (TPSA) is 65.7 Å². The number of halogens is 4. The standard InChI is InChI=1S/C24H14BrF3O5/c1-31-18-9-5-3-7-15(18)20-21(29)16-11-10-13(12-19(16)33-22(20)24(26,27)28)32-23(30)14-6-2-4-8-17(14)25/h2-12H,1H3. The highest BCUT2D eigenvalue weighted by Gasteiger charge is 2.40. The Morgan fingerprint density at radius 2 is 1.70 bits per heavy atom. The van der Waals surface area contributed by atoms with E-state index in [1.807, 2.05) is 0 Å². The predicted molar refractivity (Wildman–Crippen MR) is 119 cm³/mol. The van der Waals surface area contributed by atoms with E-state index in [0.717, 1.165) is 6.07 Å². The molecule has 9 heteroatoms. The molecule has 0 amide bonds.